The van der Waals surface area contributed by atoms with Crippen LogP contribution in [-0.2, 0) is 6.54 Å². The van der Waals surface area contributed by atoms with Gasteiger partial charge in [-0.25, -0.2) is 9.78 Å². The monoisotopic (exact) mass is 291 g/mol. The minimum Gasteiger partial charge on any atom is -0.478 e. The molecule has 1 heterocycles. The Labute approximate surface area is 119 Å². The first-order chi connectivity index (χ1) is 9.51. The molecule has 0 radical (unpaired) electrons. The van der Waals surface area contributed by atoms with Crippen LogP contribution in [0, 0.1) is 6.92 Å². The zero-order chi connectivity index (χ0) is 14.7. The van der Waals surface area contributed by atoms with Crippen LogP contribution in [0.2, 0.25) is 0 Å². The molecule has 6 nitrogen and oxygen atoms in total. The van der Waals surface area contributed by atoms with Gasteiger partial charge in [-0.2, -0.15) is 0 Å². The van der Waals surface area contributed by atoms with Gasteiger partial charge in [-0.05, 0) is 24.6 Å². The van der Waals surface area contributed by atoms with E-state index in [4.69, 9.17) is 10.8 Å². The molecule has 0 aliphatic heterocycles. The summed E-state index contributed by atoms with van der Waals surface area (Å²) in [6, 6.07) is 4.56. The van der Waals surface area contributed by atoms with Gasteiger partial charge >= 0.3 is 5.97 Å². The lowest BCUT2D eigenvalue weighted by Crippen LogP contribution is -2.14. The summed E-state index contributed by atoms with van der Waals surface area (Å²) in [6.07, 6.45) is 0. The first-order valence-electron chi connectivity index (χ1n) is 5.81. The van der Waals surface area contributed by atoms with Crippen molar-refractivity contribution < 1.29 is 14.7 Å². The van der Waals surface area contributed by atoms with E-state index in [0.29, 0.717) is 10.7 Å². The molecule has 0 atom stereocenters. The minimum absolute atomic E-state index is 0.117. The van der Waals surface area contributed by atoms with Gasteiger partial charge in [0, 0.05) is 17.6 Å². The van der Waals surface area contributed by atoms with Crippen LogP contribution in [0.4, 0.5) is 5.69 Å². The SMILES string of the molecule is Cc1ccc(C(=O)O)cc1NC(=O)c1csc(CN)n1. The largest absolute Gasteiger partial charge is 0.478 e. The quantitative estimate of drug-likeness (QED) is 0.797. The fourth-order valence-corrected chi connectivity index (χ4v) is 2.24. The highest BCUT2D eigenvalue weighted by Crippen LogP contribution is 2.18. The number of carbonyl (C=O) groups is 2. The van der Waals surface area contributed by atoms with E-state index in [-0.39, 0.29) is 23.7 Å². The number of rotatable bonds is 4. The van der Waals surface area contributed by atoms with Gasteiger partial charge in [0.25, 0.3) is 5.91 Å². The Morgan fingerprint density at radius 3 is 2.80 bits per heavy atom. The number of hydrogen-bond donors (Lipinski definition) is 3. The molecule has 0 saturated heterocycles. The van der Waals surface area contributed by atoms with Crippen LogP contribution in [0.3, 0.4) is 0 Å². The molecule has 104 valence electrons. The highest BCUT2D eigenvalue weighted by molar-refractivity contribution is 7.09. The second-order valence-electron chi connectivity index (χ2n) is 4.12. The molecule has 1 amide bonds. The van der Waals surface area contributed by atoms with Crippen molar-refractivity contribution in [3.63, 3.8) is 0 Å². The summed E-state index contributed by atoms with van der Waals surface area (Å²) in [6.45, 7) is 2.07. The molecule has 0 aliphatic carbocycles. The number of aryl methyl sites for hydroxylation is 1. The number of thiazole rings is 1. The number of benzene rings is 1. The number of amides is 1. The number of carboxylic acids is 1. The maximum atomic E-state index is 12.0. The van der Waals surface area contributed by atoms with Crippen LogP contribution < -0.4 is 11.1 Å². The fraction of sp³-hybridized carbons (Fsp3) is 0.154. The van der Waals surface area contributed by atoms with Crippen LogP contribution in [0.15, 0.2) is 23.6 Å². The van der Waals surface area contributed by atoms with Crippen molar-refractivity contribution in [1.82, 2.24) is 4.98 Å². The first-order valence-corrected chi connectivity index (χ1v) is 6.69. The predicted molar refractivity (Wildman–Crippen MR) is 76.1 cm³/mol. The van der Waals surface area contributed by atoms with E-state index >= 15 is 0 Å². The average Bonchev–Trinajstić information content (AvgIpc) is 2.89. The number of hydrogen-bond acceptors (Lipinski definition) is 5. The van der Waals surface area contributed by atoms with Crippen LogP contribution in [-0.4, -0.2) is 22.0 Å². The molecule has 4 N–H and O–H groups in total. The molecule has 2 rings (SSSR count). The maximum absolute atomic E-state index is 12.0. The number of nitrogens with two attached hydrogens (primary N) is 1. The zero-order valence-corrected chi connectivity index (χ0v) is 11.5. The number of carboxylic acid groups (broad SMARTS) is 1. The molecule has 1 aromatic heterocycles. The Balaban J connectivity index is 2.22. The second-order valence-corrected chi connectivity index (χ2v) is 5.06. The van der Waals surface area contributed by atoms with Crippen LogP contribution in [0.1, 0.15) is 31.4 Å². The number of nitrogens with zero attached hydrogens (tertiary/aromatic N) is 1. The van der Waals surface area contributed by atoms with E-state index < -0.39 is 5.97 Å². The smallest absolute Gasteiger partial charge is 0.335 e. The molecule has 0 spiro atoms. The van der Waals surface area contributed by atoms with Crippen LogP contribution in [0.25, 0.3) is 0 Å². The van der Waals surface area contributed by atoms with Gasteiger partial charge in [-0.3, -0.25) is 4.79 Å². The Bertz CT molecular complexity index is 667. The lowest BCUT2D eigenvalue weighted by atomic mass is 10.1. The zero-order valence-electron chi connectivity index (χ0n) is 10.7. The Morgan fingerprint density at radius 2 is 2.20 bits per heavy atom. The molecule has 0 saturated carbocycles. The van der Waals surface area contributed by atoms with E-state index in [9.17, 15) is 9.59 Å². The summed E-state index contributed by atoms with van der Waals surface area (Å²) in [5, 5.41) is 13.9. The third-order valence-corrected chi connectivity index (χ3v) is 3.56. The molecule has 7 heteroatoms. The minimum atomic E-state index is -1.04. The number of aromatic carboxylic acids is 1. The van der Waals surface area contributed by atoms with Gasteiger partial charge in [0.1, 0.15) is 10.7 Å². The maximum Gasteiger partial charge on any atom is 0.335 e. The lowest BCUT2D eigenvalue weighted by molar-refractivity contribution is 0.0696. The van der Waals surface area contributed by atoms with Gasteiger partial charge in [0.2, 0.25) is 0 Å². The van der Waals surface area contributed by atoms with Crippen LogP contribution in [0.5, 0.6) is 0 Å². The van der Waals surface area contributed by atoms with Crippen molar-refractivity contribution in [1.29, 1.82) is 0 Å². The standard InChI is InChI=1S/C13H13N3O3S/c1-7-2-3-8(13(18)19)4-9(7)16-12(17)10-6-20-11(5-14)15-10/h2-4,6H,5,14H2,1H3,(H,16,17)(H,18,19). The Hall–Kier alpha value is -2.25. The normalized spacial score (nSPS) is 10.3. The average molecular weight is 291 g/mol. The molecule has 0 bridgehead atoms. The lowest BCUT2D eigenvalue weighted by Gasteiger charge is -2.08. The third kappa shape index (κ3) is 3.01. The van der Waals surface area contributed by atoms with E-state index in [0.717, 1.165) is 5.56 Å². The summed E-state index contributed by atoms with van der Waals surface area (Å²) in [7, 11) is 0. The number of nitrogens with one attached hydrogen (secondary N) is 1. The number of aromatic nitrogens is 1. The summed E-state index contributed by atoms with van der Waals surface area (Å²) in [5.41, 5.74) is 7.07. The molecule has 2 aromatic rings. The molecule has 1 aromatic carbocycles. The third-order valence-electron chi connectivity index (χ3n) is 2.69. The summed E-state index contributed by atoms with van der Waals surface area (Å²) in [5.74, 6) is -1.42. The summed E-state index contributed by atoms with van der Waals surface area (Å²) < 4.78 is 0. The van der Waals surface area contributed by atoms with Gasteiger partial charge in [-0.15, -0.1) is 11.3 Å². The highest BCUT2D eigenvalue weighted by Gasteiger charge is 2.13. The van der Waals surface area contributed by atoms with Gasteiger partial charge in [0.15, 0.2) is 0 Å². The predicted octanol–water partition coefficient (Wildman–Crippen LogP) is 1.86. The molecule has 0 fully saturated rings. The van der Waals surface area contributed by atoms with E-state index in [2.05, 4.69) is 10.3 Å². The van der Waals surface area contributed by atoms with E-state index in [1.165, 1.54) is 23.5 Å². The molecular formula is C13H13N3O3S. The van der Waals surface area contributed by atoms with E-state index in [1.54, 1.807) is 18.4 Å². The van der Waals surface area contributed by atoms with Gasteiger partial charge in [0.05, 0.1) is 5.56 Å². The van der Waals surface area contributed by atoms with Gasteiger partial charge < -0.3 is 16.2 Å². The number of carbonyl (C=O) groups excluding carboxylic acids is 1. The Kier molecular flexibility index (Phi) is 4.11. The Morgan fingerprint density at radius 1 is 1.45 bits per heavy atom. The molecule has 0 unspecified atom stereocenters. The summed E-state index contributed by atoms with van der Waals surface area (Å²) >= 11 is 1.31. The van der Waals surface area contributed by atoms with Crippen molar-refractivity contribution in [2.75, 3.05) is 5.32 Å². The second kappa shape index (κ2) is 5.81. The molecule has 0 aliphatic rings. The summed E-state index contributed by atoms with van der Waals surface area (Å²) in [4.78, 5) is 27.0. The molecule has 20 heavy (non-hydrogen) atoms. The highest BCUT2D eigenvalue weighted by atomic mass is 32.1. The van der Waals surface area contributed by atoms with E-state index in [1.807, 2.05) is 0 Å². The van der Waals surface area contributed by atoms with Crippen molar-refractivity contribution in [3.8, 4) is 0 Å². The van der Waals surface area contributed by atoms with Crippen LogP contribution >= 0.6 is 11.3 Å². The first kappa shape index (κ1) is 14.2. The van der Waals surface area contributed by atoms with Crippen molar-refractivity contribution in [2.45, 2.75) is 13.5 Å². The fourth-order valence-electron chi connectivity index (χ4n) is 1.58. The number of anilines is 1. The molecular weight excluding hydrogens is 278 g/mol. The van der Waals surface area contributed by atoms with Crippen molar-refractivity contribution >= 4 is 28.9 Å². The van der Waals surface area contributed by atoms with Crippen molar-refractivity contribution in [2.24, 2.45) is 5.73 Å². The van der Waals surface area contributed by atoms with Gasteiger partial charge in [-0.1, -0.05) is 6.07 Å². The van der Waals surface area contributed by atoms with Crippen molar-refractivity contribution in [3.05, 3.63) is 45.4 Å². The topological polar surface area (TPSA) is 105 Å².